The van der Waals surface area contributed by atoms with Crippen molar-refractivity contribution in [2.75, 3.05) is 7.11 Å². The van der Waals surface area contributed by atoms with Crippen molar-refractivity contribution in [2.45, 2.75) is 19.2 Å². The maximum absolute atomic E-state index is 13.3. The van der Waals surface area contributed by atoms with Gasteiger partial charge in [-0.05, 0) is 59.2 Å². The molecule has 1 N–H and O–H groups in total. The minimum atomic E-state index is -0.822. The minimum Gasteiger partial charge on any atom is -0.507 e. The van der Waals surface area contributed by atoms with Crippen molar-refractivity contribution in [3.8, 4) is 11.5 Å². The lowest BCUT2D eigenvalue weighted by molar-refractivity contribution is -0.140. The summed E-state index contributed by atoms with van der Waals surface area (Å²) in [6, 6.07) is 26.5. The molecule has 0 bridgehead atoms. The molecular formula is C31H26N2O5. The van der Waals surface area contributed by atoms with E-state index < -0.39 is 17.7 Å². The van der Waals surface area contributed by atoms with Crippen molar-refractivity contribution in [1.29, 1.82) is 0 Å². The second-order valence-corrected chi connectivity index (χ2v) is 8.86. The standard InChI is InChI=1S/C31H26N2O5/c1-37-25-14-12-23(13-15-25)29(34)27-28(33(31(36)30(27)35)19-22-9-6-16-32-18-22)24-10-5-11-26(17-24)38-20-21-7-3-2-4-8-21/h2-18,28,34H,19-20H2,1H3/b29-27+. The number of nitrogens with zero attached hydrogens (tertiary/aromatic N) is 2. The van der Waals surface area contributed by atoms with Crippen molar-refractivity contribution in [2.24, 2.45) is 0 Å². The molecule has 0 aliphatic carbocycles. The van der Waals surface area contributed by atoms with E-state index in [4.69, 9.17) is 9.47 Å². The number of Topliss-reactive ketones (excluding diaryl/α,β-unsaturated/α-hetero) is 1. The van der Waals surface area contributed by atoms with Crippen LogP contribution < -0.4 is 9.47 Å². The molecule has 3 aromatic carbocycles. The molecule has 1 fully saturated rings. The molecule has 2 heterocycles. The Morgan fingerprint density at radius 1 is 0.895 bits per heavy atom. The zero-order valence-electron chi connectivity index (χ0n) is 20.8. The van der Waals surface area contributed by atoms with Crippen LogP contribution in [-0.4, -0.2) is 33.8 Å². The number of benzene rings is 3. The normalized spacial score (nSPS) is 16.4. The van der Waals surface area contributed by atoms with Gasteiger partial charge in [0.15, 0.2) is 0 Å². The molecule has 4 aromatic rings. The summed E-state index contributed by atoms with van der Waals surface area (Å²) < 4.78 is 11.2. The maximum Gasteiger partial charge on any atom is 0.295 e. The van der Waals surface area contributed by atoms with Gasteiger partial charge in [0.1, 0.15) is 23.9 Å². The summed E-state index contributed by atoms with van der Waals surface area (Å²) in [6.45, 7) is 0.517. The van der Waals surface area contributed by atoms with Crippen LogP contribution in [0.15, 0.2) is 109 Å². The van der Waals surface area contributed by atoms with Crippen LogP contribution in [0.25, 0.3) is 5.76 Å². The number of aliphatic hydroxyl groups is 1. The second kappa shape index (κ2) is 11.0. The second-order valence-electron chi connectivity index (χ2n) is 8.86. The van der Waals surface area contributed by atoms with Gasteiger partial charge >= 0.3 is 0 Å². The Morgan fingerprint density at radius 2 is 1.66 bits per heavy atom. The molecule has 1 aliphatic rings. The van der Waals surface area contributed by atoms with Gasteiger partial charge in [-0.3, -0.25) is 14.6 Å². The summed E-state index contributed by atoms with van der Waals surface area (Å²) in [5.41, 5.74) is 2.85. The quantitative estimate of drug-likeness (QED) is 0.198. The first-order chi connectivity index (χ1) is 18.5. The SMILES string of the molecule is COc1ccc(/C(O)=C2\C(=O)C(=O)N(Cc3cccnc3)C2c2cccc(OCc3ccccc3)c2)cc1. The molecule has 190 valence electrons. The van der Waals surface area contributed by atoms with Gasteiger partial charge in [-0.2, -0.15) is 0 Å². The first-order valence-corrected chi connectivity index (χ1v) is 12.1. The number of aromatic nitrogens is 1. The highest BCUT2D eigenvalue weighted by atomic mass is 16.5. The van der Waals surface area contributed by atoms with Gasteiger partial charge in [0.05, 0.1) is 18.7 Å². The number of likely N-dealkylation sites (tertiary alicyclic amines) is 1. The molecule has 7 nitrogen and oxygen atoms in total. The summed E-state index contributed by atoms with van der Waals surface area (Å²) >= 11 is 0. The number of ether oxygens (including phenoxy) is 2. The van der Waals surface area contributed by atoms with Crippen molar-refractivity contribution in [1.82, 2.24) is 9.88 Å². The first kappa shape index (κ1) is 24.8. The number of ketones is 1. The maximum atomic E-state index is 13.3. The zero-order valence-corrected chi connectivity index (χ0v) is 20.8. The summed E-state index contributed by atoms with van der Waals surface area (Å²) in [5.74, 6) is -0.492. The fraction of sp³-hybridized carbons (Fsp3) is 0.129. The third-order valence-corrected chi connectivity index (χ3v) is 6.40. The topological polar surface area (TPSA) is 89.0 Å². The fourth-order valence-electron chi connectivity index (χ4n) is 4.50. The summed E-state index contributed by atoms with van der Waals surface area (Å²) in [4.78, 5) is 32.2. The van der Waals surface area contributed by atoms with E-state index in [2.05, 4.69) is 4.98 Å². The lowest BCUT2D eigenvalue weighted by Gasteiger charge is -2.25. The number of hydrogen-bond acceptors (Lipinski definition) is 6. The van der Waals surface area contributed by atoms with Gasteiger partial charge < -0.3 is 19.5 Å². The third kappa shape index (κ3) is 5.13. The van der Waals surface area contributed by atoms with Gasteiger partial charge in [-0.15, -0.1) is 0 Å². The highest BCUT2D eigenvalue weighted by Gasteiger charge is 2.46. The van der Waals surface area contributed by atoms with E-state index in [1.54, 1.807) is 55.9 Å². The van der Waals surface area contributed by atoms with E-state index in [0.29, 0.717) is 29.2 Å². The number of hydrogen-bond donors (Lipinski definition) is 1. The Morgan fingerprint density at radius 3 is 2.37 bits per heavy atom. The molecule has 5 rings (SSSR count). The zero-order chi connectivity index (χ0) is 26.5. The van der Waals surface area contributed by atoms with Gasteiger partial charge in [0.2, 0.25) is 0 Å². The molecule has 1 aromatic heterocycles. The summed E-state index contributed by atoms with van der Waals surface area (Å²) in [5, 5.41) is 11.3. The molecule has 38 heavy (non-hydrogen) atoms. The lowest BCUT2D eigenvalue weighted by Crippen LogP contribution is -2.29. The number of carbonyl (C=O) groups excluding carboxylic acids is 2. The molecule has 0 saturated carbocycles. The molecule has 1 amide bonds. The molecule has 1 atom stereocenters. The number of carbonyl (C=O) groups is 2. The largest absolute Gasteiger partial charge is 0.507 e. The Balaban J connectivity index is 1.55. The monoisotopic (exact) mass is 506 g/mol. The van der Waals surface area contributed by atoms with Crippen LogP contribution in [-0.2, 0) is 22.7 Å². The fourth-order valence-corrected chi connectivity index (χ4v) is 4.50. The van der Waals surface area contributed by atoms with Crippen molar-refractivity contribution >= 4 is 17.4 Å². The smallest absolute Gasteiger partial charge is 0.295 e. The molecule has 1 aliphatic heterocycles. The van der Waals surface area contributed by atoms with Crippen LogP contribution >= 0.6 is 0 Å². The average Bonchev–Trinajstić information content (AvgIpc) is 3.22. The average molecular weight is 507 g/mol. The molecule has 1 unspecified atom stereocenters. The molecule has 0 radical (unpaired) electrons. The number of amides is 1. The molecular weight excluding hydrogens is 480 g/mol. The van der Waals surface area contributed by atoms with Crippen LogP contribution in [0.5, 0.6) is 11.5 Å². The Hall–Kier alpha value is -4.91. The van der Waals surface area contributed by atoms with Crippen LogP contribution in [0.1, 0.15) is 28.3 Å². The van der Waals surface area contributed by atoms with Crippen LogP contribution in [0, 0.1) is 0 Å². The van der Waals surface area contributed by atoms with Crippen LogP contribution in [0.3, 0.4) is 0 Å². The Labute approximate surface area is 220 Å². The molecule has 1 saturated heterocycles. The summed E-state index contributed by atoms with van der Waals surface area (Å²) in [6.07, 6.45) is 3.30. The van der Waals surface area contributed by atoms with Crippen molar-refractivity contribution < 1.29 is 24.2 Å². The number of pyridine rings is 1. The van der Waals surface area contributed by atoms with Gasteiger partial charge in [-0.1, -0.05) is 48.5 Å². The molecule has 7 heteroatoms. The van der Waals surface area contributed by atoms with Gasteiger partial charge in [0.25, 0.3) is 11.7 Å². The number of rotatable bonds is 8. The van der Waals surface area contributed by atoms with E-state index in [1.807, 2.05) is 54.6 Å². The summed E-state index contributed by atoms with van der Waals surface area (Å²) in [7, 11) is 1.55. The van der Waals surface area contributed by atoms with E-state index in [-0.39, 0.29) is 17.9 Å². The minimum absolute atomic E-state index is 0.0178. The van der Waals surface area contributed by atoms with Crippen molar-refractivity contribution in [3.05, 3.63) is 131 Å². The lowest BCUT2D eigenvalue weighted by atomic mass is 9.95. The third-order valence-electron chi connectivity index (χ3n) is 6.40. The van der Waals surface area contributed by atoms with E-state index >= 15 is 0 Å². The predicted octanol–water partition coefficient (Wildman–Crippen LogP) is 5.29. The van der Waals surface area contributed by atoms with Gasteiger partial charge in [-0.25, -0.2) is 0 Å². The van der Waals surface area contributed by atoms with E-state index in [1.165, 1.54) is 4.90 Å². The van der Waals surface area contributed by atoms with Crippen molar-refractivity contribution in [3.63, 3.8) is 0 Å². The Kier molecular flexibility index (Phi) is 7.17. The highest BCUT2D eigenvalue weighted by Crippen LogP contribution is 2.41. The first-order valence-electron chi connectivity index (χ1n) is 12.1. The molecule has 0 spiro atoms. The number of aliphatic hydroxyl groups excluding tert-OH is 1. The van der Waals surface area contributed by atoms with E-state index in [0.717, 1.165) is 11.1 Å². The van der Waals surface area contributed by atoms with Crippen LogP contribution in [0.2, 0.25) is 0 Å². The Bertz CT molecular complexity index is 1470. The van der Waals surface area contributed by atoms with Crippen LogP contribution in [0.4, 0.5) is 0 Å². The predicted molar refractivity (Wildman–Crippen MR) is 142 cm³/mol. The van der Waals surface area contributed by atoms with Gasteiger partial charge in [0, 0.05) is 24.5 Å². The van der Waals surface area contributed by atoms with E-state index in [9.17, 15) is 14.7 Å². The highest BCUT2D eigenvalue weighted by molar-refractivity contribution is 6.46. The number of methoxy groups -OCH3 is 1.